The number of carbonyl (C=O) groups is 1. The topological polar surface area (TPSA) is 71.5 Å². The minimum Gasteiger partial charge on any atom is -0.299 e. The molecule has 0 fully saturated rings. The summed E-state index contributed by atoms with van der Waals surface area (Å²) in [5.41, 5.74) is -1.05. The summed E-state index contributed by atoms with van der Waals surface area (Å²) in [6.07, 6.45) is -3.37. The summed E-state index contributed by atoms with van der Waals surface area (Å²) in [5, 5.41) is 1.03. The minimum absolute atomic E-state index is 0.00487. The van der Waals surface area contributed by atoms with Gasteiger partial charge in [0, 0.05) is 13.2 Å². The molecular weight excluding hydrogens is 407 g/mol. The van der Waals surface area contributed by atoms with E-state index in [1.54, 1.807) is 0 Å². The second-order valence-corrected chi connectivity index (χ2v) is 7.03. The van der Waals surface area contributed by atoms with Crippen LogP contribution in [0.2, 0.25) is 5.02 Å². The summed E-state index contributed by atoms with van der Waals surface area (Å²) >= 11 is 5.86. The molecule has 1 amide bonds. The second-order valence-electron chi connectivity index (χ2n) is 5.38. The summed E-state index contributed by atoms with van der Waals surface area (Å²) in [7, 11) is 0.512. The predicted molar refractivity (Wildman–Crippen MR) is 94.6 cm³/mol. The van der Waals surface area contributed by atoms with E-state index in [2.05, 4.69) is 9.71 Å². The third-order valence-electron chi connectivity index (χ3n) is 3.55. The molecule has 1 heterocycles. The molecule has 1 aromatic heterocycles. The number of amides is 1. The van der Waals surface area contributed by atoms with Crippen LogP contribution >= 0.6 is 11.6 Å². The number of hydroxylamine groups is 2. The third kappa shape index (κ3) is 4.96. The maximum atomic E-state index is 13.1. The lowest BCUT2D eigenvalue weighted by Crippen LogP contribution is -2.27. The van der Waals surface area contributed by atoms with Gasteiger partial charge in [0.25, 0.3) is 5.91 Å². The molecule has 1 atom stereocenters. The van der Waals surface area contributed by atoms with E-state index < -0.39 is 28.6 Å². The number of pyridine rings is 1. The maximum Gasteiger partial charge on any atom is 0.416 e. The summed E-state index contributed by atoms with van der Waals surface area (Å²) in [5.74, 6) is -0.659. The van der Waals surface area contributed by atoms with Crippen LogP contribution in [0.3, 0.4) is 0 Å². The minimum atomic E-state index is -4.58. The van der Waals surface area contributed by atoms with Crippen LogP contribution in [0.5, 0.6) is 0 Å². The largest absolute Gasteiger partial charge is 0.416 e. The fourth-order valence-electron chi connectivity index (χ4n) is 2.10. The number of hydrogen-bond donors (Lipinski definition) is 1. The molecule has 6 nitrogen and oxygen atoms in total. The number of halogens is 4. The van der Waals surface area contributed by atoms with Crippen molar-refractivity contribution in [3.05, 3.63) is 52.3 Å². The summed E-state index contributed by atoms with van der Waals surface area (Å²) in [6.45, 7) is 1.31. The van der Waals surface area contributed by atoms with Gasteiger partial charge in [-0.05, 0) is 30.7 Å². The molecule has 27 heavy (non-hydrogen) atoms. The van der Waals surface area contributed by atoms with Crippen molar-refractivity contribution in [1.82, 2.24) is 10.0 Å². The number of anilines is 1. The van der Waals surface area contributed by atoms with Crippen molar-refractivity contribution in [3.63, 3.8) is 0 Å². The highest BCUT2D eigenvalue weighted by Crippen LogP contribution is 2.33. The van der Waals surface area contributed by atoms with E-state index in [1.807, 2.05) is 0 Å². The van der Waals surface area contributed by atoms with E-state index in [0.717, 1.165) is 11.1 Å². The lowest BCUT2D eigenvalue weighted by atomic mass is 10.1. The van der Waals surface area contributed by atoms with Gasteiger partial charge in [0.1, 0.15) is 11.0 Å². The Morgan fingerprint density at radius 2 is 2.00 bits per heavy atom. The van der Waals surface area contributed by atoms with E-state index in [0.29, 0.717) is 0 Å². The molecular formula is C16H15ClF3N3O3S. The molecule has 2 rings (SSSR count). The number of nitrogens with zero attached hydrogens (tertiary/aromatic N) is 2. The molecule has 1 N–H and O–H groups in total. The standard InChI is InChI=1S/C16H15ClF3N3O3S/c1-9-4-5-11(7-12(9)16(18,19)20)27(25)22-13-6-10(17)8-21-14(13)15(24)23(2)26-3/h4-8,22H,1-3H3. The highest BCUT2D eigenvalue weighted by Gasteiger charge is 2.33. The zero-order valence-electron chi connectivity index (χ0n) is 14.4. The number of aromatic nitrogens is 1. The Labute approximate surface area is 160 Å². The second kappa shape index (κ2) is 8.24. The van der Waals surface area contributed by atoms with Gasteiger partial charge in [0.05, 0.1) is 28.3 Å². The molecule has 2 aromatic rings. The van der Waals surface area contributed by atoms with Gasteiger partial charge in [-0.1, -0.05) is 17.7 Å². The molecule has 1 aromatic carbocycles. The van der Waals surface area contributed by atoms with E-state index in [9.17, 15) is 22.2 Å². The first-order valence-electron chi connectivity index (χ1n) is 7.38. The summed E-state index contributed by atoms with van der Waals surface area (Å²) in [4.78, 5) is 20.8. The average Bonchev–Trinajstić information content (AvgIpc) is 2.59. The van der Waals surface area contributed by atoms with Gasteiger partial charge >= 0.3 is 6.18 Å². The Hall–Kier alpha value is -2.17. The van der Waals surface area contributed by atoms with Crippen LogP contribution < -0.4 is 4.72 Å². The number of benzene rings is 1. The van der Waals surface area contributed by atoms with Gasteiger partial charge in [0.2, 0.25) is 0 Å². The molecule has 0 radical (unpaired) electrons. The van der Waals surface area contributed by atoms with Gasteiger partial charge in [-0.2, -0.15) is 13.2 Å². The van der Waals surface area contributed by atoms with Crippen molar-refractivity contribution < 1.29 is 27.0 Å². The molecule has 0 aliphatic heterocycles. The molecule has 0 saturated carbocycles. The van der Waals surface area contributed by atoms with Crippen LogP contribution in [0, 0.1) is 6.92 Å². The van der Waals surface area contributed by atoms with Crippen LogP contribution in [-0.2, 0) is 22.0 Å². The van der Waals surface area contributed by atoms with Gasteiger partial charge in [-0.25, -0.2) is 14.3 Å². The van der Waals surface area contributed by atoms with Crippen molar-refractivity contribution in [2.75, 3.05) is 18.9 Å². The molecule has 1 unspecified atom stereocenters. The normalized spacial score (nSPS) is 12.6. The molecule has 0 bridgehead atoms. The molecule has 0 saturated heterocycles. The monoisotopic (exact) mass is 421 g/mol. The van der Waals surface area contributed by atoms with Crippen molar-refractivity contribution in [2.45, 2.75) is 18.0 Å². The number of carbonyl (C=O) groups excluding carboxylic acids is 1. The molecule has 0 aliphatic rings. The summed E-state index contributed by atoms with van der Waals surface area (Å²) in [6, 6.07) is 4.61. The third-order valence-corrected chi connectivity index (χ3v) is 4.84. The Balaban J connectivity index is 2.39. The van der Waals surface area contributed by atoms with Gasteiger partial charge in [0.15, 0.2) is 5.69 Å². The van der Waals surface area contributed by atoms with E-state index in [-0.39, 0.29) is 26.9 Å². The first-order chi connectivity index (χ1) is 12.5. The highest BCUT2D eigenvalue weighted by atomic mass is 35.5. The first-order valence-corrected chi connectivity index (χ1v) is 8.91. The van der Waals surface area contributed by atoms with Gasteiger partial charge < -0.3 is 0 Å². The van der Waals surface area contributed by atoms with E-state index in [1.165, 1.54) is 45.5 Å². The zero-order chi connectivity index (χ0) is 20.4. The van der Waals surface area contributed by atoms with Crippen molar-refractivity contribution in [1.29, 1.82) is 0 Å². The number of aryl methyl sites for hydroxylation is 1. The Kier molecular flexibility index (Phi) is 6.45. The van der Waals surface area contributed by atoms with Gasteiger partial charge in [-0.15, -0.1) is 0 Å². The Morgan fingerprint density at radius 3 is 2.59 bits per heavy atom. The maximum absolute atomic E-state index is 13.1. The van der Waals surface area contributed by atoms with Gasteiger partial charge in [-0.3, -0.25) is 14.4 Å². The van der Waals surface area contributed by atoms with Crippen molar-refractivity contribution in [3.8, 4) is 0 Å². The lowest BCUT2D eigenvalue weighted by Gasteiger charge is -2.16. The summed E-state index contributed by atoms with van der Waals surface area (Å²) < 4.78 is 54.2. The molecule has 0 spiro atoms. The fourth-order valence-corrected chi connectivity index (χ4v) is 3.15. The quantitative estimate of drug-likeness (QED) is 0.745. The average molecular weight is 422 g/mol. The van der Waals surface area contributed by atoms with E-state index in [4.69, 9.17) is 16.4 Å². The van der Waals surface area contributed by atoms with Crippen LogP contribution in [0.4, 0.5) is 18.9 Å². The Bertz CT molecular complexity index is 893. The van der Waals surface area contributed by atoms with Crippen LogP contribution in [0.1, 0.15) is 21.6 Å². The first kappa shape index (κ1) is 21.1. The number of alkyl halides is 3. The Morgan fingerprint density at radius 1 is 1.33 bits per heavy atom. The van der Waals surface area contributed by atoms with Crippen LogP contribution in [-0.4, -0.2) is 34.3 Å². The van der Waals surface area contributed by atoms with Crippen molar-refractivity contribution >= 4 is 34.2 Å². The molecule has 146 valence electrons. The molecule has 0 aliphatic carbocycles. The lowest BCUT2D eigenvalue weighted by molar-refractivity contribution is -0.138. The SMILES string of the molecule is CON(C)C(=O)c1ncc(Cl)cc1NS(=O)c1ccc(C)c(C(F)(F)F)c1. The van der Waals surface area contributed by atoms with Crippen molar-refractivity contribution in [2.24, 2.45) is 0 Å². The number of hydrogen-bond acceptors (Lipinski definition) is 4. The van der Waals surface area contributed by atoms with E-state index >= 15 is 0 Å². The highest BCUT2D eigenvalue weighted by molar-refractivity contribution is 7.86. The zero-order valence-corrected chi connectivity index (χ0v) is 16.0. The smallest absolute Gasteiger partial charge is 0.299 e. The van der Waals surface area contributed by atoms with Crippen LogP contribution in [0.25, 0.3) is 0 Å². The number of rotatable bonds is 5. The van der Waals surface area contributed by atoms with Crippen LogP contribution in [0.15, 0.2) is 35.4 Å². The number of nitrogens with one attached hydrogen (secondary N) is 1. The predicted octanol–water partition coefficient (Wildman–Crippen LogP) is 3.83. The molecule has 11 heteroatoms. The fraction of sp³-hybridized carbons (Fsp3) is 0.250.